The fraction of sp³-hybridized carbons (Fsp3) is 0.714. The van der Waals surface area contributed by atoms with Gasteiger partial charge in [-0.25, -0.2) is 0 Å². The summed E-state index contributed by atoms with van der Waals surface area (Å²) in [4.78, 5) is 22.8. The molecule has 0 aromatic heterocycles. The summed E-state index contributed by atoms with van der Waals surface area (Å²) in [5, 5.41) is 9.07. The fourth-order valence-corrected chi connectivity index (χ4v) is 3.08. The number of rotatable bonds is 1. The first-order valence-corrected chi connectivity index (χ1v) is 6.21. The Balaban J connectivity index is 2.33. The van der Waals surface area contributed by atoms with Crippen LogP contribution in [0.2, 0.25) is 0 Å². The average molecular weight is 236 g/mol. The number of carbonyl (C=O) groups excluding carboxylic acids is 1. The quantitative estimate of drug-likeness (QED) is 0.712. The van der Waals surface area contributed by atoms with E-state index in [1.165, 1.54) is 0 Å². The third-order valence-corrected chi connectivity index (χ3v) is 4.41. The van der Waals surface area contributed by atoms with Crippen molar-refractivity contribution in [2.24, 2.45) is 16.7 Å². The van der Waals surface area contributed by atoms with Crippen LogP contribution in [0.3, 0.4) is 0 Å². The molecule has 3 nitrogen and oxygen atoms in total. The summed E-state index contributed by atoms with van der Waals surface area (Å²) >= 11 is 0. The van der Waals surface area contributed by atoms with Crippen molar-refractivity contribution in [1.82, 2.24) is 0 Å². The molecule has 2 aliphatic rings. The van der Waals surface area contributed by atoms with E-state index < -0.39 is 11.9 Å². The smallest absolute Gasteiger partial charge is 0.314 e. The minimum atomic E-state index is -0.976. The monoisotopic (exact) mass is 236 g/mol. The molecule has 17 heavy (non-hydrogen) atoms. The van der Waals surface area contributed by atoms with Crippen LogP contribution in [0.25, 0.3) is 0 Å². The van der Waals surface area contributed by atoms with E-state index in [1.54, 1.807) is 6.08 Å². The Hall–Kier alpha value is -1.12. The number of fused-ring (bicyclic) bond motifs is 1. The van der Waals surface area contributed by atoms with Gasteiger partial charge in [-0.1, -0.05) is 26.3 Å². The molecule has 0 aromatic carbocycles. The van der Waals surface area contributed by atoms with Gasteiger partial charge in [0.05, 0.1) is 0 Å². The summed E-state index contributed by atoms with van der Waals surface area (Å²) in [6.07, 6.45) is 5.10. The summed E-state index contributed by atoms with van der Waals surface area (Å²) in [6, 6.07) is 0. The van der Waals surface area contributed by atoms with E-state index in [-0.39, 0.29) is 16.6 Å². The predicted molar refractivity (Wildman–Crippen MR) is 64.6 cm³/mol. The van der Waals surface area contributed by atoms with Crippen LogP contribution < -0.4 is 0 Å². The minimum Gasteiger partial charge on any atom is -0.481 e. The number of aliphatic carboxylic acids is 1. The molecule has 0 bridgehead atoms. The molecular weight excluding hydrogens is 216 g/mol. The highest BCUT2D eigenvalue weighted by atomic mass is 16.4. The molecule has 0 heterocycles. The Morgan fingerprint density at radius 3 is 2.59 bits per heavy atom. The lowest BCUT2D eigenvalue weighted by molar-refractivity contribution is -0.147. The SMILES string of the molecule is CC1(C)CCC2(C)CC(C(=O)O)C(=O)C=C2C1. The number of allylic oxidation sites excluding steroid dienone is 2. The van der Waals surface area contributed by atoms with Crippen molar-refractivity contribution in [3.63, 3.8) is 0 Å². The molecule has 94 valence electrons. The predicted octanol–water partition coefficient (Wildman–Crippen LogP) is 2.80. The van der Waals surface area contributed by atoms with Gasteiger partial charge >= 0.3 is 5.97 Å². The number of hydrogen-bond donors (Lipinski definition) is 1. The van der Waals surface area contributed by atoms with Crippen molar-refractivity contribution < 1.29 is 14.7 Å². The number of carboxylic acids is 1. The van der Waals surface area contributed by atoms with Gasteiger partial charge in [-0.2, -0.15) is 0 Å². The van der Waals surface area contributed by atoms with E-state index in [0.29, 0.717) is 6.42 Å². The molecule has 1 N–H and O–H groups in total. The van der Waals surface area contributed by atoms with Crippen molar-refractivity contribution >= 4 is 11.8 Å². The van der Waals surface area contributed by atoms with Crippen LogP contribution in [0.4, 0.5) is 0 Å². The highest BCUT2D eigenvalue weighted by Gasteiger charge is 2.46. The average Bonchev–Trinajstić information content (AvgIpc) is 2.19. The summed E-state index contributed by atoms with van der Waals surface area (Å²) < 4.78 is 0. The molecule has 2 rings (SSSR count). The molecule has 3 heteroatoms. The molecule has 2 atom stereocenters. The fourth-order valence-electron chi connectivity index (χ4n) is 3.08. The van der Waals surface area contributed by atoms with Crippen LogP contribution in [-0.2, 0) is 9.59 Å². The van der Waals surface area contributed by atoms with Crippen molar-refractivity contribution in [2.75, 3.05) is 0 Å². The van der Waals surface area contributed by atoms with Gasteiger partial charge in [0.1, 0.15) is 5.92 Å². The van der Waals surface area contributed by atoms with Crippen LogP contribution in [0.15, 0.2) is 11.6 Å². The van der Waals surface area contributed by atoms with Crippen molar-refractivity contribution in [1.29, 1.82) is 0 Å². The van der Waals surface area contributed by atoms with Gasteiger partial charge in [-0.15, -0.1) is 0 Å². The lowest BCUT2D eigenvalue weighted by Crippen LogP contribution is -2.40. The van der Waals surface area contributed by atoms with Crippen LogP contribution >= 0.6 is 0 Å². The zero-order valence-electron chi connectivity index (χ0n) is 10.7. The van der Waals surface area contributed by atoms with E-state index in [4.69, 9.17) is 5.11 Å². The molecule has 0 aromatic rings. The standard InChI is InChI=1S/C14H20O3/c1-13(2)4-5-14(3)8-10(12(16)17)11(15)6-9(14)7-13/h6,10H,4-5,7-8H2,1-3H3,(H,16,17). The normalized spacial score (nSPS) is 36.1. The van der Waals surface area contributed by atoms with Gasteiger partial charge in [0.2, 0.25) is 0 Å². The molecule has 0 saturated heterocycles. The van der Waals surface area contributed by atoms with Gasteiger partial charge in [0.25, 0.3) is 0 Å². The van der Waals surface area contributed by atoms with Crippen LogP contribution in [0.5, 0.6) is 0 Å². The topological polar surface area (TPSA) is 54.4 Å². The number of carbonyl (C=O) groups is 2. The zero-order chi connectivity index (χ0) is 12.8. The third-order valence-electron chi connectivity index (χ3n) is 4.41. The maximum atomic E-state index is 11.8. The maximum Gasteiger partial charge on any atom is 0.314 e. The van der Waals surface area contributed by atoms with Gasteiger partial charge in [-0.3, -0.25) is 9.59 Å². The summed E-state index contributed by atoms with van der Waals surface area (Å²) in [5.41, 5.74) is 1.32. The van der Waals surface area contributed by atoms with Crippen molar-refractivity contribution in [3.8, 4) is 0 Å². The van der Waals surface area contributed by atoms with Crippen LogP contribution in [-0.4, -0.2) is 16.9 Å². The molecule has 1 fully saturated rings. The summed E-state index contributed by atoms with van der Waals surface area (Å²) in [5.74, 6) is -2.02. The van der Waals surface area contributed by atoms with E-state index >= 15 is 0 Å². The molecule has 0 radical (unpaired) electrons. The molecular formula is C14H20O3. The highest BCUT2D eigenvalue weighted by Crippen LogP contribution is 2.53. The van der Waals surface area contributed by atoms with E-state index in [1.807, 2.05) is 0 Å². The second kappa shape index (κ2) is 3.69. The molecule has 1 saturated carbocycles. The van der Waals surface area contributed by atoms with E-state index in [2.05, 4.69) is 20.8 Å². The van der Waals surface area contributed by atoms with Crippen LogP contribution in [0, 0.1) is 16.7 Å². The number of hydrogen-bond acceptors (Lipinski definition) is 2. The number of ketones is 1. The first-order valence-electron chi connectivity index (χ1n) is 6.21. The second-order valence-electron chi connectivity index (χ2n) is 6.57. The van der Waals surface area contributed by atoms with Gasteiger partial charge < -0.3 is 5.11 Å². The summed E-state index contributed by atoms with van der Waals surface area (Å²) in [6.45, 7) is 6.53. The Bertz CT molecular complexity index is 406. The molecule has 2 aliphatic carbocycles. The van der Waals surface area contributed by atoms with E-state index in [0.717, 1.165) is 24.8 Å². The van der Waals surface area contributed by atoms with Gasteiger partial charge in [0.15, 0.2) is 5.78 Å². The molecule has 2 unspecified atom stereocenters. The van der Waals surface area contributed by atoms with E-state index in [9.17, 15) is 9.59 Å². The van der Waals surface area contributed by atoms with Gasteiger partial charge in [0, 0.05) is 0 Å². The van der Waals surface area contributed by atoms with Crippen LogP contribution in [0.1, 0.15) is 46.5 Å². The Kier molecular flexibility index (Phi) is 2.68. The molecule has 0 amide bonds. The first kappa shape index (κ1) is 12.3. The van der Waals surface area contributed by atoms with Crippen molar-refractivity contribution in [3.05, 3.63) is 11.6 Å². The maximum absolute atomic E-state index is 11.8. The zero-order valence-corrected chi connectivity index (χ0v) is 10.7. The van der Waals surface area contributed by atoms with Gasteiger partial charge in [-0.05, 0) is 42.6 Å². The third kappa shape index (κ3) is 2.15. The molecule has 0 spiro atoms. The highest BCUT2D eigenvalue weighted by molar-refractivity contribution is 6.05. The summed E-state index contributed by atoms with van der Waals surface area (Å²) in [7, 11) is 0. The second-order valence-corrected chi connectivity index (χ2v) is 6.57. The molecule has 0 aliphatic heterocycles. The Labute approximate surface area is 102 Å². The largest absolute Gasteiger partial charge is 0.481 e. The Morgan fingerprint density at radius 1 is 1.35 bits per heavy atom. The lowest BCUT2D eigenvalue weighted by Gasteiger charge is -2.46. The first-order chi connectivity index (χ1) is 7.73. The minimum absolute atomic E-state index is 0.0769. The Morgan fingerprint density at radius 2 is 2.00 bits per heavy atom. The van der Waals surface area contributed by atoms with Crippen molar-refractivity contribution in [2.45, 2.75) is 46.5 Å². The lowest BCUT2D eigenvalue weighted by atomic mass is 9.58. The number of carboxylic acid groups (broad SMARTS) is 1.